The Morgan fingerprint density at radius 1 is 1.29 bits per heavy atom. The van der Waals surface area contributed by atoms with Gasteiger partial charge in [-0.1, -0.05) is 25.0 Å². The van der Waals surface area contributed by atoms with Gasteiger partial charge in [0.05, 0.1) is 6.04 Å². The monoisotopic (exact) mass is 236 g/mol. The molecule has 0 aromatic heterocycles. The third-order valence-electron chi connectivity index (χ3n) is 4.03. The second-order valence-corrected chi connectivity index (χ2v) is 5.62. The molecule has 2 rings (SSSR count). The molecule has 1 saturated carbocycles. The fraction of sp³-hybridized carbons (Fsp3) is 0.786. The van der Waals surface area contributed by atoms with E-state index in [0.717, 1.165) is 17.9 Å². The number of rotatable bonds is 3. The first-order valence-electron chi connectivity index (χ1n) is 6.85. The molecule has 3 heteroatoms. The average molecular weight is 236 g/mol. The van der Waals surface area contributed by atoms with Crippen LogP contribution in [0.2, 0.25) is 0 Å². The maximum absolute atomic E-state index is 12.0. The predicted octanol–water partition coefficient (Wildman–Crippen LogP) is 1.99. The summed E-state index contributed by atoms with van der Waals surface area (Å²) in [6, 6.07) is 0.603. The molecule has 3 unspecified atom stereocenters. The molecule has 2 fully saturated rings. The van der Waals surface area contributed by atoms with Crippen molar-refractivity contribution in [2.75, 3.05) is 6.54 Å². The Hall–Kier alpha value is -0.830. The molecule has 3 atom stereocenters. The van der Waals surface area contributed by atoms with Crippen LogP contribution in [-0.4, -0.2) is 24.5 Å². The smallest absolute Gasteiger partial charge is 0.237 e. The van der Waals surface area contributed by atoms with Crippen molar-refractivity contribution < 1.29 is 4.79 Å². The minimum Gasteiger partial charge on any atom is -0.351 e. The Balaban J connectivity index is 1.82. The van der Waals surface area contributed by atoms with E-state index in [2.05, 4.69) is 17.2 Å². The molecule has 0 aromatic carbocycles. The van der Waals surface area contributed by atoms with Gasteiger partial charge in [0.2, 0.25) is 5.91 Å². The predicted molar refractivity (Wildman–Crippen MR) is 69.7 cm³/mol. The molecule has 96 valence electrons. The Bertz CT molecular complexity index is 301. The number of carbonyl (C=O) groups excluding carboxylic acids is 1. The topological polar surface area (TPSA) is 41.1 Å². The second kappa shape index (κ2) is 5.67. The van der Waals surface area contributed by atoms with Gasteiger partial charge < -0.3 is 10.6 Å². The summed E-state index contributed by atoms with van der Waals surface area (Å²) >= 11 is 0. The highest BCUT2D eigenvalue weighted by Gasteiger charge is 2.34. The molecule has 1 saturated heterocycles. The Morgan fingerprint density at radius 2 is 2.06 bits per heavy atom. The van der Waals surface area contributed by atoms with Crippen molar-refractivity contribution in [1.29, 1.82) is 0 Å². The van der Waals surface area contributed by atoms with E-state index in [0.29, 0.717) is 12.6 Å². The highest BCUT2D eigenvalue weighted by molar-refractivity contribution is 5.82. The lowest BCUT2D eigenvalue weighted by atomic mass is 9.77. The molecule has 1 aliphatic heterocycles. The van der Waals surface area contributed by atoms with Crippen molar-refractivity contribution >= 4 is 5.91 Å². The largest absolute Gasteiger partial charge is 0.351 e. The summed E-state index contributed by atoms with van der Waals surface area (Å²) in [7, 11) is 0. The first-order chi connectivity index (χ1) is 8.16. The summed E-state index contributed by atoms with van der Waals surface area (Å²) in [5.41, 5.74) is 1.00. The van der Waals surface area contributed by atoms with Crippen molar-refractivity contribution in [3.63, 3.8) is 0 Å². The molecule has 1 amide bonds. The van der Waals surface area contributed by atoms with Crippen LogP contribution in [0.15, 0.2) is 12.2 Å². The standard InChI is InChI=1S/C14H24N2O/c1-10(2)9-15-14(17)13-8-7-11-5-3-4-6-12(11)16-13/h11-13,16H,1,3-9H2,2H3,(H,15,17). The molecule has 2 N–H and O–H groups in total. The molecule has 3 nitrogen and oxygen atoms in total. The summed E-state index contributed by atoms with van der Waals surface area (Å²) in [4.78, 5) is 12.0. The summed E-state index contributed by atoms with van der Waals surface area (Å²) in [5, 5.41) is 6.48. The average Bonchev–Trinajstić information content (AvgIpc) is 2.35. The van der Waals surface area contributed by atoms with Crippen molar-refractivity contribution in [3.05, 3.63) is 12.2 Å². The number of nitrogens with one attached hydrogen (secondary N) is 2. The van der Waals surface area contributed by atoms with E-state index >= 15 is 0 Å². The van der Waals surface area contributed by atoms with Crippen LogP contribution in [0.5, 0.6) is 0 Å². The SMILES string of the molecule is C=C(C)CNC(=O)C1CCC2CCCCC2N1. The van der Waals surface area contributed by atoms with Crippen molar-refractivity contribution in [2.45, 2.75) is 57.5 Å². The van der Waals surface area contributed by atoms with E-state index < -0.39 is 0 Å². The molecule has 17 heavy (non-hydrogen) atoms. The fourth-order valence-corrected chi connectivity index (χ4v) is 3.06. The molecule has 2 aliphatic rings. The Kier molecular flexibility index (Phi) is 4.21. The summed E-state index contributed by atoms with van der Waals surface area (Å²) < 4.78 is 0. The lowest BCUT2D eigenvalue weighted by Crippen LogP contribution is -2.55. The zero-order chi connectivity index (χ0) is 12.3. The van der Waals surface area contributed by atoms with Crippen LogP contribution in [0.3, 0.4) is 0 Å². The number of carbonyl (C=O) groups is 1. The number of piperidine rings is 1. The summed E-state index contributed by atoms with van der Waals surface area (Å²) in [5.74, 6) is 0.964. The Labute approximate surface area is 104 Å². The van der Waals surface area contributed by atoms with Crippen LogP contribution in [0, 0.1) is 5.92 Å². The third-order valence-corrected chi connectivity index (χ3v) is 4.03. The summed E-state index contributed by atoms with van der Waals surface area (Å²) in [6.45, 7) is 6.34. The van der Waals surface area contributed by atoms with Crippen LogP contribution < -0.4 is 10.6 Å². The van der Waals surface area contributed by atoms with Gasteiger partial charge >= 0.3 is 0 Å². The number of amides is 1. The van der Waals surface area contributed by atoms with E-state index in [1.54, 1.807) is 0 Å². The van der Waals surface area contributed by atoms with E-state index in [4.69, 9.17) is 0 Å². The highest BCUT2D eigenvalue weighted by atomic mass is 16.2. The van der Waals surface area contributed by atoms with E-state index in [9.17, 15) is 4.79 Å². The van der Waals surface area contributed by atoms with Gasteiger partial charge in [-0.15, -0.1) is 0 Å². The van der Waals surface area contributed by atoms with Gasteiger partial charge in [-0.05, 0) is 38.5 Å². The maximum Gasteiger partial charge on any atom is 0.237 e. The van der Waals surface area contributed by atoms with Gasteiger partial charge in [0.25, 0.3) is 0 Å². The van der Waals surface area contributed by atoms with Gasteiger partial charge in [-0.2, -0.15) is 0 Å². The first kappa shape index (κ1) is 12.6. The Morgan fingerprint density at radius 3 is 2.82 bits per heavy atom. The number of hydrogen-bond donors (Lipinski definition) is 2. The van der Waals surface area contributed by atoms with Gasteiger partial charge in [0.1, 0.15) is 0 Å². The molecule has 1 heterocycles. The van der Waals surface area contributed by atoms with Crippen LogP contribution in [0.1, 0.15) is 45.4 Å². The second-order valence-electron chi connectivity index (χ2n) is 5.62. The van der Waals surface area contributed by atoms with E-state index in [1.165, 1.54) is 32.1 Å². The zero-order valence-corrected chi connectivity index (χ0v) is 10.8. The van der Waals surface area contributed by atoms with E-state index in [1.807, 2.05) is 6.92 Å². The molecular weight excluding hydrogens is 212 g/mol. The summed E-state index contributed by atoms with van der Waals surface area (Å²) in [6.07, 6.45) is 7.47. The van der Waals surface area contributed by atoms with Gasteiger partial charge in [0.15, 0.2) is 0 Å². The molecule has 0 spiro atoms. The molecule has 0 aromatic rings. The van der Waals surface area contributed by atoms with Crippen molar-refractivity contribution in [2.24, 2.45) is 5.92 Å². The van der Waals surface area contributed by atoms with Gasteiger partial charge in [-0.3, -0.25) is 4.79 Å². The van der Waals surface area contributed by atoms with Gasteiger partial charge in [0, 0.05) is 12.6 Å². The minimum atomic E-state index is 0.0219. The lowest BCUT2D eigenvalue weighted by molar-refractivity contribution is -0.124. The number of hydrogen-bond acceptors (Lipinski definition) is 2. The molecule has 0 radical (unpaired) electrons. The minimum absolute atomic E-state index is 0.0219. The first-order valence-corrected chi connectivity index (χ1v) is 6.85. The fourth-order valence-electron chi connectivity index (χ4n) is 3.06. The van der Waals surface area contributed by atoms with Crippen LogP contribution in [0.4, 0.5) is 0 Å². The zero-order valence-electron chi connectivity index (χ0n) is 10.8. The van der Waals surface area contributed by atoms with Gasteiger partial charge in [-0.25, -0.2) is 0 Å². The van der Waals surface area contributed by atoms with E-state index in [-0.39, 0.29) is 11.9 Å². The van der Waals surface area contributed by atoms with Crippen LogP contribution in [0.25, 0.3) is 0 Å². The van der Waals surface area contributed by atoms with Crippen LogP contribution >= 0.6 is 0 Å². The number of fused-ring (bicyclic) bond motifs is 1. The van der Waals surface area contributed by atoms with Crippen molar-refractivity contribution in [1.82, 2.24) is 10.6 Å². The van der Waals surface area contributed by atoms with Crippen LogP contribution in [-0.2, 0) is 4.79 Å². The molecule has 0 bridgehead atoms. The molecule has 1 aliphatic carbocycles. The molecular formula is C14H24N2O. The maximum atomic E-state index is 12.0. The quantitative estimate of drug-likeness (QED) is 0.736. The lowest BCUT2D eigenvalue weighted by Gasteiger charge is -2.39. The van der Waals surface area contributed by atoms with Crippen molar-refractivity contribution in [3.8, 4) is 0 Å². The highest BCUT2D eigenvalue weighted by Crippen LogP contribution is 2.32. The normalized spacial score (nSPS) is 32.6. The third kappa shape index (κ3) is 3.32.